The number of nitrogens with zero attached hydrogens (tertiary/aromatic N) is 3. The summed E-state index contributed by atoms with van der Waals surface area (Å²) in [7, 11) is 0. The number of hydrogen-bond acceptors (Lipinski definition) is 4. The van der Waals surface area contributed by atoms with Gasteiger partial charge in [0.05, 0.1) is 5.52 Å². The molecule has 0 radical (unpaired) electrons. The standard InChI is InChI=1S/C21H15N3O/c1-14-10-12-15(13-11-14)20(25)16-6-2-3-7-17(16)21-22-18-8-4-5-9-19(18)23-24-21/h2-13H,1H3. The van der Waals surface area contributed by atoms with Gasteiger partial charge in [0.1, 0.15) is 5.52 Å². The molecule has 4 heteroatoms. The fraction of sp³-hybridized carbons (Fsp3) is 0.0476. The Morgan fingerprint density at radius 2 is 1.44 bits per heavy atom. The summed E-state index contributed by atoms with van der Waals surface area (Å²) in [4.78, 5) is 17.5. The number of aromatic nitrogens is 3. The molecule has 0 amide bonds. The summed E-state index contributed by atoms with van der Waals surface area (Å²) in [5, 5.41) is 8.43. The maximum atomic E-state index is 12.9. The third-order valence-electron chi connectivity index (χ3n) is 4.09. The van der Waals surface area contributed by atoms with Crippen molar-refractivity contribution in [2.75, 3.05) is 0 Å². The first-order chi connectivity index (χ1) is 12.2. The van der Waals surface area contributed by atoms with Crippen LogP contribution in [0.25, 0.3) is 22.4 Å². The van der Waals surface area contributed by atoms with E-state index in [4.69, 9.17) is 0 Å². The van der Waals surface area contributed by atoms with Gasteiger partial charge in [-0.05, 0) is 19.1 Å². The smallest absolute Gasteiger partial charge is 0.193 e. The van der Waals surface area contributed by atoms with Gasteiger partial charge in [0, 0.05) is 16.7 Å². The molecule has 0 aliphatic rings. The highest BCUT2D eigenvalue weighted by atomic mass is 16.1. The van der Waals surface area contributed by atoms with E-state index >= 15 is 0 Å². The third kappa shape index (κ3) is 2.90. The van der Waals surface area contributed by atoms with Gasteiger partial charge in [-0.2, -0.15) is 0 Å². The van der Waals surface area contributed by atoms with Crippen molar-refractivity contribution in [1.29, 1.82) is 0 Å². The molecule has 0 saturated heterocycles. The summed E-state index contributed by atoms with van der Waals surface area (Å²) >= 11 is 0. The molecular weight excluding hydrogens is 310 g/mol. The van der Waals surface area contributed by atoms with Crippen molar-refractivity contribution in [1.82, 2.24) is 15.2 Å². The van der Waals surface area contributed by atoms with Crippen molar-refractivity contribution >= 4 is 16.8 Å². The number of aryl methyl sites for hydroxylation is 1. The van der Waals surface area contributed by atoms with Gasteiger partial charge < -0.3 is 0 Å². The minimum atomic E-state index is -0.0487. The first kappa shape index (κ1) is 15.1. The van der Waals surface area contributed by atoms with E-state index in [0.717, 1.165) is 16.6 Å². The Labute approximate surface area is 145 Å². The molecule has 3 aromatic carbocycles. The average molecular weight is 325 g/mol. The summed E-state index contributed by atoms with van der Waals surface area (Å²) < 4.78 is 0. The largest absolute Gasteiger partial charge is 0.289 e. The second kappa shape index (κ2) is 6.24. The fourth-order valence-corrected chi connectivity index (χ4v) is 2.73. The van der Waals surface area contributed by atoms with Crippen LogP contribution in [0.5, 0.6) is 0 Å². The number of benzene rings is 3. The molecule has 4 aromatic rings. The second-order valence-corrected chi connectivity index (χ2v) is 5.86. The minimum Gasteiger partial charge on any atom is -0.289 e. The van der Waals surface area contributed by atoms with Crippen LogP contribution in [0.2, 0.25) is 0 Å². The molecule has 1 heterocycles. The number of carbonyl (C=O) groups is 1. The summed E-state index contributed by atoms with van der Waals surface area (Å²) in [6.45, 7) is 2.00. The Morgan fingerprint density at radius 1 is 0.760 bits per heavy atom. The van der Waals surface area contributed by atoms with Gasteiger partial charge in [0.2, 0.25) is 0 Å². The third-order valence-corrected chi connectivity index (χ3v) is 4.09. The molecule has 0 aliphatic heterocycles. The number of ketones is 1. The average Bonchev–Trinajstić information content (AvgIpc) is 2.67. The van der Waals surface area contributed by atoms with E-state index in [1.165, 1.54) is 0 Å². The van der Waals surface area contributed by atoms with Crippen molar-refractivity contribution in [3.63, 3.8) is 0 Å². The van der Waals surface area contributed by atoms with Crippen LogP contribution in [-0.2, 0) is 0 Å². The molecule has 0 N–H and O–H groups in total. The summed E-state index contributed by atoms with van der Waals surface area (Å²) in [5.41, 5.74) is 4.51. The van der Waals surface area contributed by atoms with Crippen LogP contribution in [-0.4, -0.2) is 21.0 Å². The van der Waals surface area contributed by atoms with E-state index in [1.54, 1.807) is 6.07 Å². The Kier molecular flexibility index (Phi) is 3.78. The van der Waals surface area contributed by atoms with Crippen molar-refractivity contribution in [3.05, 3.63) is 89.5 Å². The van der Waals surface area contributed by atoms with Crippen LogP contribution in [0.15, 0.2) is 72.8 Å². The molecule has 0 aliphatic carbocycles. The number of hydrogen-bond donors (Lipinski definition) is 0. The van der Waals surface area contributed by atoms with Crippen LogP contribution in [0.4, 0.5) is 0 Å². The van der Waals surface area contributed by atoms with E-state index < -0.39 is 0 Å². The lowest BCUT2D eigenvalue weighted by Crippen LogP contribution is -2.05. The molecule has 0 fully saturated rings. The van der Waals surface area contributed by atoms with Crippen LogP contribution in [0, 0.1) is 6.92 Å². The zero-order chi connectivity index (χ0) is 17.2. The topological polar surface area (TPSA) is 55.7 Å². The highest BCUT2D eigenvalue weighted by Gasteiger charge is 2.16. The van der Waals surface area contributed by atoms with Crippen molar-refractivity contribution in [2.24, 2.45) is 0 Å². The highest BCUT2D eigenvalue weighted by Crippen LogP contribution is 2.24. The Hall–Kier alpha value is -3.40. The van der Waals surface area contributed by atoms with Crippen LogP contribution in [0.3, 0.4) is 0 Å². The van der Waals surface area contributed by atoms with Gasteiger partial charge in [-0.1, -0.05) is 66.2 Å². The van der Waals surface area contributed by atoms with Gasteiger partial charge in [0.25, 0.3) is 0 Å². The number of para-hydroxylation sites is 1. The van der Waals surface area contributed by atoms with Gasteiger partial charge in [0.15, 0.2) is 11.6 Å². The molecule has 0 unspecified atom stereocenters. The van der Waals surface area contributed by atoms with Crippen LogP contribution in [0.1, 0.15) is 21.5 Å². The zero-order valence-electron chi connectivity index (χ0n) is 13.7. The van der Waals surface area contributed by atoms with Crippen LogP contribution >= 0.6 is 0 Å². The molecular formula is C21H15N3O. The lowest BCUT2D eigenvalue weighted by Gasteiger charge is -2.08. The quantitative estimate of drug-likeness (QED) is 0.529. The van der Waals surface area contributed by atoms with Crippen molar-refractivity contribution in [2.45, 2.75) is 6.92 Å². The van der Waals surface area contributed by atoms with Gasteiger partial charge >= 0.3 is 0 Å². The number of rotatable bonds is 3. The molecule has 0 spiro atoms. The lowest BCUT2D eigenvalue weighted by molar-refractivity contribution is 0.103. The molecule has 0 atom stereocenters. The van der Waals surface area contributed by atoms with Gasteiger partial charge in [-0.15, -0.1) is 10.2 Å². The molecule has 120 valence electrons. The molecule has 25 heavy (non-hydrogen) atoms. The lowest BCUT2D eigenvalue weighted by atomic mass is 9.97. The van der Waals surface area contributed by atoms with E-state index in [2.05, 4.69) is 15.2 Å². The molecule has 4 rings (SSSR count). The number of carbonyl (C=O) groups excluding carboxylic acids is 1. The van der Waals surface area contributed by atoms with E-state index in [-0.39, 0.29) is 5.78 Å². The second-order valence-electron chi connectivity index (χ2n) is 5.86. The SMILES string of the molecule is Cc1ccc(C(=O)c2ccccc2-c2nnc3ccccc3n2)cc1. The molecule has 4 nitrogen and oxygen atoms in total. The first-order valence-electron chi connectivity index (χ1n) is 8.02. The fourth-order valence-electron chi connectivity index (χ4n) is 2.73. The highest BCUT2D eigenvalue weighted by molar-refractivity contribution is 6.12. The molecule has 0 saturated carbocycles. The predicted octanol–water partition coefficient (Wildman–Crippen LogP) is 4.23. The normalized spacial score (nSPS) is 10.8. The maximum absolute atomic E-state index is 12.9. The molecule has 0 bridgehead atoms. The van der Waals surface area contributed by atoms with E-state index in [0.29, 0.717) is 22.5 Å². The van der Waals surface area contributed by atoms with Crippen molar-refractivity contribution < 1.29 is 4.79 Å². The van der Waals surface area contributed by atoms with E-state index in [9.17, 15) is 4.79 Å². The predicted molar refractivity (Wildman–Crippen MR) is 97.4 cm³/mol. The Morgan fingerprint density at radius 3 is 2.24 bits per heavy atom. The van der Waals surface area contributed by atoms with Gasteiger partial charge in [-0.3, -0.25) is 4.79 Å². The minimum absolute atomic E-state index is 0.0487. The summed E-state index contributed by atoms with van der Waals surface area (Å²) in [6, 6.07) is 22.5. The maximum Gasteiger partial charge on any atom is 0.193 e. The Bertz CT molecular complexity index is 1070. The first-order valence-corrected chi connectivity index (χ1v) is 8.02. The zero-order valence-corrected chi connectivity index (χ0v) is 13.7. The van der Waals surface area contributed by atoms with E-state index in [1.807, 2.05) is 73.7 Å². The van der Waals surface area contributed by atoms with Gasteiger partial charge in [-0.25, -0.2) is 4.98 Å². The summed E-state index contributed by atoms with van der Waals surface area (Å²) in [5.74, 6) is 0.405. The molecule has 1 aromatic heterocycles. The van der Waals surface area contributed by atoms with Crippen LogP contribution < -0.4 is 0 Å². The monoisotopic (exact) mass is 325 g/mol. The number of fused-ring (bicyclic) bond motifs is 1. The Balaban J connectivity index is 1.82. The van der Waals surface area contributed by atoms with Crippen molar-refractivity contribution in [3.8, 4) is 11.4 Å². The summed E-state index contributed by atoms with van der Waals surface area (Å²) in [6.07, 6.45) is 0.